The third-order valence-electron chi connectivity index (χ3n) is 3.63. The van der Waals surface area contributed by atoms with Crippen molar-refractivity contribution in [1.29, 1.82) is 0 Å². The Morgan fingerprint density at radius 2 is 2.00 bits per heavy atom. The second-order valence-corrected chi connectivity index (χ2v) is 5.10. The lowest BCUT2D eigenvalue weighted by molar-refractivity contribution is -0.119. The summed E-state index contributed by atoms with van der Waals surface area (Å²) in [5.74, 6) is 0.884. The van der Waals surface area contributed by atoms with Crippen LogP contribution in [0.15, 0.2) is 48.5 Å². The summed E-state index contributed by atoms with van der Waals surface area (Å²) in [6.45, 7) is 1.12. The number of nitrogens with two attached hydrogens (primary N) is 1. The Bertz CT molecular complexity index is 640. The molecule has 4 nitrogen and oxygen atoms in total. The third kappa shape index (κ3) is 2.99. The van der Waals surface area contributed by atoms with Gasteiger partial charge in [-0.2, -0.15) is 0 Å². The molecule has 3 rings (SSSR count). The van der Waals surface area contributed by atoms with Gasteiger partial charge in [0, 0.05) is 17.9 Å². The average molecular weight is 282 g/mol. The summed E-state index contributed by atoms with van der Waals surface area (Å²) in [5.41, 5.74) is 8.65. The monoisotopic (exact) mass is 282 g/mol. The van der Waals surface area contributed by atoms with E-state index in [4.69, 9.17) is 10.5 Å². The average Bonchev–Trinajstić information content (AvgIpc) is 2.91. The molecule has 108 valence electrons. The summed E-state index contributed by atoms with van der Waals surface area (Å²) in [6.07, 6.45) is 1.24. The Kier molecular flexibility index (Phi) is 3.77. The van der Waals surface area contributed by atoms with Crippen molar-refractivity contribution in [3.63, 3.8) is 0 Å². The van der Waals surface area contributed by atoms with E-state index in [1.165, 1.54) is 0 Å². The quantitative estimate of drug-likeness (QED) is 0.877. The lowest BCUT2D eigenvalue weighted by Gasteiger charge is -2.17. The number of fused-ring (bicyclic) bond motifs is 1. The lowest BCUT2D eigenvalue weighted by Crippen LogP contribution is -2.30. The van der Waals surface area contributed by atoms with E-state index >= 15 is 0 Å². The Balaban J connectivity index is 1.58. The number of nitrogen functional groups attached to an aromatic ring is 1. The molecule has 2 aromatic carbocycles. The van der Waals surface area contributed by atoms with Gasteiger partial charge in [-0.05, 0) is 42.3 Å². The molecule has 0 radical (unpaired) electrons. The molecule has 1 heterocycles. The fraction of sp³-hybridized carbons (Fsp3) is 0.235. The van der Waals surface area contributed by atoms with Gasteiger partial charge >= 0.3 is 0 Å². The summed E-state index contributed by atoms with van der Waals surface area (Å²) in [4.78, 5) is 14.1. The number of rotatable bonds is 4. The Morgan fingerprint density at radius 1 is 1.19 bits per heavy atom. The smallest absolute Gasteiger partial charge is 0.230 e. The highest BCUT2D eigenvalue weighted by molar-refractivity contribution is 5.95. The fourth-order valence-electron chi connectivity index (χ4n) is 2.59. The van der Waals surface area contributed by atoms with E-state index < -0.39 is 0 Å². The zero-order chi connectivity index (χ0) is 14.7. The van der Waals surface area contributed by atoms with Crippen LogP contribution in [-0.4, -0.2) is 19.1 Å². The predicted octanol–water partition coefficient (Wildman–Crippen LogP) is 2.63. The van der Waals surface area contributed by atoms with Gasteiger partial charge in [0.25, 0.3) is 0 Å². The van der Waals surface area contributed by atoms with E-state index in [0.717, 1.165) is 35.7 Å². The molecule has 1 aliphatic heterocycles. The molecule has 2 N–H and O–H groups in total. The molecule has 0 aromatic heterocycles. The van der Waals surface area contributed by atoms with Crippen molar-refractivity contribution in [2.24, 2.45) is 0 Å². The topological polar surface area (TPSA) is 55.6 Å². The molecule has 4 heteroatoms. The molecule has 0 atom stereocenters. The van der Waals surface area contributed by atoms with Crippen molar-refractivity contribution in [3.8, 4) is 5.75 Å². The lowest BCUT2D eigenvalue weighted by atomic mass is 10.1. The van der Waals surface area contributed by atoms with Crippen molar-refractivity contribution in [3.05, 3.63) is 54.1 Å². The highest BCUT2D eigenvalue weighted by atomic mass is 16.5. The predicted molar refractivity (Wildman–Crippen MR) is 83.5 cm³/mol. The van der Waals surface area contributed by atoms with Crippen LogP contribution in [0.2, 0.25) is 0 Å². The standard InChI is InChI=1S/C17H18N2O2/c18-14-6-7-16-13(12-14)8-10-19(16)17(20)9-11-21-15-4-2-1-3-5-15/h1-7,12H,8-11,18H2. The van der Waals surface area contributed by atoms with Crippen LogP contribution in [0.3, 0.4) is 0 Å². The van der Waals surface area contributed by atoms with Crippen LogP contribution in [0.1, 0.15) is 12.0 Å². The van der Waals surface area contributed by atoms with Crippen LogP contribution in [-0.2, 0) is 11.2 Å². The first kappa shape index (κ1) is 13.5. The van der Waals surface area contributed by atoms with Gasteiger partial charge in [-0.25, -0.2) is 0 Å². The normalized spacial score (nSPS) is 13.0. The molecule has 0 saturated carbocycles. The molecule has 0 fully saturated rings. The third-order valence-corrected chi connectivity index (χ3v) is 3.63. The number of anilines is 2. The van der Waals surface area contributed by atoms with Crippen molar-refractivity contribution in [2.75, 3.05) is 23.8 Å². The minimum Gasteiger partial charge on any atom is -0.493 e. The molecule has 0 spiro atoms. The maximum absolute atomic E-state index is 12.3. The summed E-state index contributed by atoms with van der Waals surface area (Å²) < 4.78 is 5.58. The summed E-state index contributed by atoms with van der Waals surface area (Å²) in [7, 11) is 0. The van der Waals surface area contributed by atoms with Crippen LogP contribution < -0.4 is 15.4 Å². The van der Waals surface area contributed by atoms with Gasteiger partial charge in [0.2, 0.25) is 5.91 Å². The Labute approximate surface area is 124 Å². The molecule has 21 heavy (non-hydrogen) atoms. The molecule has 1 amide bonds. The van der Waals surface area contributed by atoms with E-state index in [2.05, 4.69) is 0 Å². The summed E-state index contributed by atoms with van der Waals surface area (Å²) >= 11 is 0. The zero-order valence-electron chi connectivity index (χ0n) is 11.8. The van der Waals surface area contributed by atoms with Gasteiger partial charge in [0.15, 0.2) is 0 Å². The van der Waals surface area contributed by atoms with Crippen molar-refractivity contribution in [1.82, 2.24) is 0 Å². The molecule has 1 aliphatic rings. The number of amides is 1. The number of hydrogen-bond acceptors (Lipinski definition) is 3. The molecular weight excluding hydrogens is 264 g/mol. The first-order valence-corrected chi connectivity index (χ1v) is 7.10. The molecule has 2 aromatic rings. The highest BCUT2D eigenvalue weighted by Gasteiger charge is 2.24. The van der Waals surface area contributed by atoms with Crippen LogP contribution in [0.5, 0.6) is 5.75 Å². The van der Waals surface area contributed by atoms with E-state index in [9.17, 15) is 4.79 Å². The molecule has 0 bridgehead atoms. The number of para-hydroxylation sites is 1. The minimum absolute atomic E-state index is 0.0921. The largest absolute Gasteiger partial charge is 0.493 e. The van der Waals surface area contributed by atoms with E-state index in [1.54, 1.807) is 0 Å². The van der Waals surface area contributed by atoms with Crippen LogP contribution in [0.25, 0.3) is 0 Å². The summed E-state index contributed by atoms with van der Waals surface area (Å²) in [5, 5.41) is 0. The maximum atomic E-state index is 12.3. The molecule has 0 saturated heterocycles. The maximum Gasteiger partial charge on any atom is 0.230 e. The number of ether oxygens (including phenoxy) is 1. The Morgan fingerprint density at radius 3 is 2.81 bits per heavy atom. The van der Waals surface area contributed by atoms with Gasteiger partial charge in [-0.1, -0.05) is 18.2 Å². The van der Waals surface area contributed by atoms with Crippen LogP contribution in [0.4, 0.5) is 11.4 Å². The van der Waals surface area contributed by atoms with Gasteiger partial charge in [0.05, 0.1) is 13.0 Å². The van der Waals surface area contributed by atoms with Gasteiger partial charge < -0.3 is 15.4 Å². The number of hydrogen-bond donors (Lipinski definition) is 1. The van der Waals surface area contributed by atoms with Crippen molar-refractivity contribution < 1.29 is 9.53 Å². The van der Waals surface area contributed by atoms with Crippen molar-refractivity contribution in [2.45, 2.75) is 12.8 Å². The first-order valence-electron chi connectivity index (χ1n) is 7.10. The van der Waals surface area contributed by atoms with Gasteiger partial charge in [-0.15, -0.1) is 0 Å². The van der Waals surface area contributed by atoms with Gasteiger partial charge in [0.1, 0.15) is 5.75 Å². The number of benzene rings is 2. The second kappa shape index (κ2) is 5.87. The zero-order valence-corrected chi connectivity index (χ0v) is 11.8. The van der Waals surface area contributed by atoms with Gasteiger partial charge in [-0.3, -0.25) is 4.79 Å². The van der Waals surface area contributed by atoms with E-state index in [1.807, 2.05) is 53.4 Å². The van der Waals surface area contributed by atoms with Crippen LogP contribution in [0, 0.1) is 0 Å². The molecule has 0 unspecified atom stereocenters. The number of carbonyl (C=O) groups excluding carboxylic acids is 1. The summed E-state index contributed by atoms with van der Waals surface area (Å²) in [6, 6.07) is 15.2. The Hall–Kier alpha value is -2.49. The highest BCUT2D eigenvalue weighted by Crippen LogP contribution is 2.30. The molecular formula is C17H18N2O2. The van der Waals surface area contributed by atoms with E-state index in [-0.39, 0.29) is 5.91 Å². The van der Waals surface area contributed by atoms with E-state index in [0.29, 0.717) is 13.0 Å². The SMILES string of the molecule is Nc1ccc2c(c1)CCN2C(=O)CCOc1ccccc1. The minimum atomic E-state index is 0.0921. The first-order chi connectivity index (χ1) is 10.2. The van der Waals surface area contributed by atoms with Crippen LogP contribution >= 0.6 is 0 Å². The number of carbonyl (C=O) groups is 1. The molecule has 0 aliphatic carbocycles. The second-order valence-electron chi connectivity index (χ2n) is 5.10. The van der Waals surface area contributed by atoms with Crippen molar-refractivity contribution >= 4 is 17.3 Å². The number of nitrogens with zero attached hydrogens (tertiary/aromatic N) is 1. The fourth-order valence-corrected chi connectivity index (χ4v) is 2.59.